The third kappa shape index (κ3) is 3.53. The number of thioether (sulfide) groups is 1. The van der Waals surface area contributed by atoms with Gasteiger partial charge in [0.25, 0.3) is 5.72 Å². The summed E-state index contributed by atoms with van der Waals surface area (Å²) in [5.41, 5.74) is 3.74. The highest BCUT2D eigenvalue weighted by Gasteiger charge is 2.56. The van der Waals surface area contributed by atoms with Crippen molar-refractivity contribution in [3.63, 3.8) is 0 Å². The minimum absolute atomic E-state index is 0.0734. The van der Waals surface area contributed by atoms with Gasteiger partial charge in [-0.1, -0.05) is 11.2 Å². The van der Waals surface area contributed by atoms with Crippen LogP contribution in [0, 0.1) is 18.2 Å². The summed E-state index contributed by atoms with van der Waals surface area (Å²) in [5, 5.41) is 16.2. The molecule has 0 aliphatic carbocycles. The first kappa shape index (κ1) is 22.9. The number of imidazole rings is 1. The highest BCUT2D eigenvalue weighted by Crippen LogP contribution is 2.52. The Bertz CT molecular complexity index is 1570. The molecule has 5 heterocycles. The number of amidine groups is 1. The number of hydrogen-bond acceptors (Lipinski definition) is 8. The molecule has 1 unspecified atom stereocenters. The van der Waals surface area contributed by atoms with Crippen molar-refractivity contribution in [1.29, 1.82) is 0 Å². The Kier molecular flexibility index (Phi) is 5.21. The van der Waals surface area contributed by atoms with Gasteiger partial charge in [-0.05, 0) is 72.4 Å². The van der Waals surface area contributed by atoms with Gasteiger partial charge in [-0.15, -0.1) is 0 Å². The van der Waals surface area contributed by atoms with Gasteiger partial charge in [0.2, 0.25) is 0 Å². The summed E-state index contributed by atoms with van der Waals surface area (Å²) in [4.78, 5) is 12.5. The van der Waals surface area contributed by atoms with Gasteiger partial charge in [0.05, 0.1) is 22.4 Å². The number of nitrogens with zero attached hydrogens (tertiary/aromatic N) is 5. The average molecular weight is 534 g/mol. The fourth-order valence-electron chi connectivity index (χ4n) is 5.56. The van der Waals surface area contributed by atoms with Gasteiger partial charge in [-0.2, -0.15) is 16.1 Å². The summed E-state index contributed by atoms with van der Waals surface area (Å²) in [6, 6.07) is 10.3. The van der Waals surface area contributed by atoms with Gasteiger partial charge in [0, 0.05) is 46.8 Å². The summed E-state index contributed by atoms with van der Waals surface area (Å²) < 4.78 is 21.3. The molecule has 3 aliphatic rings. The molecular weight excluding hydrogens is 509 g/mol. The maximum absolute atomic E-state index is 13.7. The second-order valence-corrected chi connectivity index (χ2v) is 11.8. The first-order chi connectivity index (χ1) is 18.0. The minimum Gasteiger partial charge on any atom is -0.390 e. The van der Waals surface area contributed by atoms with E-state index in [2.05, 4.69) is 37.6 Å². The number of aliphatic hydroxyl groups is 1. The third-order valence-electron chi connectivity index (χ3n) is 7.50. The van der Waals surface area contributed by atoms with Crippen LogP contribution in [-0.4, -0.2) is 54.4 Å². The van der Waals surface area contributed by atoms with Gasteiger partial charge < -0.3 is 19.4 Å². The molecule has 0 amide bonds. The molecule has 0 saturated carbocycles. The molecule has 0 bridgehead atoms. The summed E-state index contributed by atoms with van der Waals surface area (Å²) in [7, 11) is 0. The smallest absolute Gasteiger partial charge is 0.260 e. The molecule has 1 spiro atoms. The molecule has 188 valence electrons. The normalized spacial score (nSPS) is 23.3. The van der Waals surface area contributed by atoms with Crippen LogP contribution in [0.25, 0.3) is 21.8 Å². The number of hydrogen-bond donors (Lipinski definition) is 1. The molecule has 2 aromatic heterocycles. The first-order valence-electron chi connectivity index (χ1n) is 12.1. The molecule has 1 atom stereocenters. The quantitative estimate of drug-likeness (QED) is 0.401. The summed E-state index contributed by atoms with van der Waals surface area (Å²) in [6.07, 6.45) is 8.83. The van der Waals surface area contributed by atoms with Crippen LogP contribution in [0.15, 0.2) is 65.8 Å². The maximum atomic E-state index is 13.7. The van der Waals surface area contributed by atoms with Crippen molar-refractivity contribution in [1.82, 2.24) is 18.8 Å². The predicted molar refractivity (Wildman–Crippen MR) is 144 cm³/mol. The van der Waals surface area contributed by atoms with Crippen molar-refractivity contribution in [3.05, 3.63) is 83.3 Å². The Hall–Kier alpha value is -3.21. The number of aryl methyl sites for hydroxylation is 1. The zero-order valence-electron chi connectivity index (χ0n) is 20.1. The van der Waals surface area contributed by atoms with Crippen molar-refractivity contribution >= 4 is 45.3 Å². The monoisotopic (exact) mass is 533 g/mol. The first-order valence-corrected chi connectivity index (χ1v) is 14.0. The second kappa shape index (κ2) is 8.41. The molecule has 2 aromatic carbocycles. The number of aliphatic hydroxyl groups excluding tert-OH is 1. The fraction of sp³-hybridized carbons (Fsp3) is 0.296. The van der Waals surface area contributed by atoms with Gasteiger partial charge in [-0.3, -0.25) is 0 Å². The van der Waals surface area contributed by atoms with E-state index in [-0.39, 0.29) is 17.8 Å². The molecule has 2 saturated heterocycles. The average Bonchev–Trinajstić information content (AvgIpc) is 3.63. The van der Waals surface area contributed by atoms with Crippen molar-refractivity contribution in [2.45, 2.75) is 19.1 Å². The number of fused-ring (bicyclic) bond motifs is 2. The van der Waals surface area contributed by atoms with Crippen LogP contribution in [0.2, 0.25) is 0 Å². The molecule has 3 aliphatic heterocycles. The zero-order chi connectivity index (χ0) is 25.2. The predicted octanol–water partition coefficient (Wildman–Crippen LogP) is 4.94. The van der Waals surface area contributed by atoms with Gasteiger partial charge in [0.1, 0.15) is 12.4 Å². The molecule has 0 radical (unpaired) electrons. The lowest BCUT2D eigenvalue weighted by molar-refractivity contribution is -0.144. The van der Waals surface area contributed by atoms with Crippen molar-refractivity contribution in [2.75, 3.05) is 24.7 Å². The molecular formula is C27H24FN5O2S2. The number of benzene rings is 2. The Morgan fingerprint density at radius 1 is 1.19 bits per heavy atom. The fourth-order valence-corrected chi connectivity index (χ4v) is 7.52. The van der Waals surface area contributed by atoms with E-state index < -0.39 is 5.72 Å². The lowest BCUT2D eigenvalue weighted by Gasteiger charge is -2.51. The molecule has 10 heteroatoms. The van der Waals surface area contributed by atoms with E-state index in [0.717, 1.165) is 62.9 Å². The van der Waals surface area contributed by atoms with Crippen molar-refractivity contribution in [2.24, 2.45) is 10.6 Å². The van der Waals surface area contributed by atoms with Crippen molar-refractivity contribution < 1.29 is 14.3 Å². The van der Waals surface area contributed by atoms with Crippen LogP contribution in [0.1, 0.15) is 23.2 Å². The largest absolute Gasteiger partial charge is 0.390 e. The Labute approximate surface area is 221 Å². The van der Waals surface area contributed by atoms with E-state index in [4.69, 9.17) is 4.84 Å². The van der Waals surface area contributed by atoms with Crippen LogP contribution < -0.4 is 0 Å². The molecule has 7 rings (SSSR count). The van der Waals surface area contributed by atoms with Crippen LogP contribution >= 0.6 is 23.3 Å². The van der Waals surface area contributed by atoms with Crippen molar-refractivity contribution in [3.8, 4) is 5.69 Å². The number of aromatic nitrogens is 3. The Balaban J connectivity index is 1.32. The molecule has 1 N–H and O–H groups in total. The van der Waals surface area contributed by atoms with E-state index in [9.17, 15) is 9.50 Å². The van der Waals surface area contributed by atoms with E-state index >= 15 is 0 Å². The molecule has 2 fully saturated rings. The van der Waals surface area contributed by atoms with Crippen LogP contribution in [0.5, 0.6) is 0 Å². The standard InChI is InChI=1S/C27H24FN5O2S2/c1-17-11-32(16-29-17)23-7-2-18(22-10-30-37-24(22)23)8-19-9-26(14-36-15-26)12-33-25(19)31-35-27(33,13-34)20-3-5-21(28)6-4-20/h2-8,10-11,16,34H,9,12-15H2,1H3/b19-8+. The number of rotatable bonds is 4. The van der Waals surface area contributed by atoms with Crippen LogP contribution in [0.3, 0.4) is 0 Å². The summed E-state index contributed by atoms with van der Waals surface area (Å²) in [6.45, 7) is 2.41. The topological polar surface area (TPSA) is 75.8 Å². The van der Waals surface area contributed by atoms with E-state index in [1.807, 2.05) is 42.0 Å². The minimum atomic E-state index is -1.17. The Morgan fingerprint density at radius 3 is 2.73 bits per heavy atom. The van der Waals surface area contributed by atoms with Gasteiger partial charge in [-0.25, -0.2) is 9.37 Å². The maximum Gasteiger partial charge on any atom is 0.260 e. The van der Waals surface area contributed by atoms with Crippen LogP contribution in [0.4, 0.5) is 4.39 Å². The summed E-state index contributed by atoms with van der Waals surface area (Å²) in [5.74, 6) is 2.47. The zero-order valence-corrected chi connectivity index (χ0v) is 21.7. The third-order valence-corrected chi connectivity index (χ3v) is 9.96. The second-order valence-electron chi connectivity index (χ2n) is 10.0. The van der Waals surface area contributed by atoms with E-state index in [0.29, 0.717) is 5.56 Å². The highest BCUT2D eigenvalue weighted by molar-refractivity contribution is 8.00. The van der Waals surface area contributed by atoms with Gasteiger partial charge in [0.15, 0.2) is 5.84 Å². The highest BCUT2D eigenvalue weighted by atomic mass is 32.2. The van der Waals surface area contributed by atoms with E-state index in [1.165, 1.54) is 23.7 Å². The number of oxime groups is 1. The van der Waals surface area contributed by atoms with Crippen LogP contribution in [-0.2, 0) is 10.6 Å². The Morgan fingerprint density at radius 2 is 2.03 bits per heavy atom. The lowest BCUT2D eigenvalue weighted by atomic mass is 9.78. The molecule has 7 nitrogen and oxygen atoms in total. The van der Waals surface area contributed by atoms with Gasteiger partial charge >= 0.3 is 0 Å². The SMILES string of the molecule is Cc1cn(-c2ccc(/C=C3\CC4(CSC4)CN4C3=NOC4(CO)c3ccc(F)cc3)c3cnsc23)cn1. The molecule has 37 heavy (non-hydrogen) atoms. The lowest BCUT2D eigenvalue weighted by Crippen LogP contribution is -2.59. The summed E-state index contributed by atoms with van der Waals surface area (Å²) >= 11 is 3.40. The number of halogens is 1. The molecule has 4 aromatic rings. The van der Waals surface area contributed by atoms with E-state index in [1.54, 1.807) is 12.1 Å². The number of piperidine rings is 1.